The smallest absolute Gasteiger partial charge is 0.460 e. The summed E-state index contributed by atoms with van der Waals surface area (Å²) >= 11 is 0. The van der Waals surface area contributed by atoms with Crippen molar-refractivity contribution in [3.05, 3.63) is 71.8 Å². The number of amides is 1. The Morgan fingerprint density at radius 3 is 2.03 bits per heavy atom. The largest absolute Gasteiger partial charge is 0.490 e. The van der Waals surface area contributed by atoms with Gasteiger partial charge in [0.2, 0.25) is 5.91 Å². The molecule has 7 nitrogen and oxygen atoms in total. The Balaban J connectivity index is 1.90. The molecule has 32 heavy (non-hydrogen) atoms. The van der Waals surface area contributed by atoms with Gasteiger partial charge in [-0.1, -0.05) is 60.7 Å². The zero-order valence-electron chi connectivity index (χ0n) is 17.0. The van der Waals surface area contributed by atoms with Gasteiger partial charge in [0.1, 0.15) is 19.3 Å². The summed E-state index contributed by atoms with van der Waals surface area (Å²) in [5.41, 5.74) is 7.16. The van der Waals surface area contributed by atoms with Crippen molar-refractivity contribution in [2.75, 3.05) is 6.61 Å². The maximum Gasteiger partial charge on any atom is 0.490 e. The predicted octanol–water partition coefficient (Wildman–Crippen LogP) is 2.28. The Bertz CT molecular complexity index is 891. The van der Waals surface area contributed by atoms with E-state index in [1.807, 2.05) is 0 Å². The normalized spacial score (nSPS) is 13.0. The minimum atomic E-state index is -5.15. The fourth-order valence-corrected chi connectivity index (χ4v) is 2.71. The number of nitrogens with one attached hydrogen (secondary N) is 1. The second-order valence-electron chi connectivity index (χ2n) is 6.95. The molecule has 0 saturated heterocycles. The second kappa shape index (κ2) is 11.8. The molecule has 2 rings (SSSR count). The van der Waals surface area contributed by atoms with E-state index in [2.05, 4.69) is 10.1 Å². The first-order valence-electron chi connectivity index (χ1n) is 9.68. The van der Waals surface area contributed by atoms with E-state index in [9.17, 15) is 27.6 Å². The lowest BCUT2D eigenvalue weighted by Crippen LogP contribution is -2.45. The van der Waals surface area contributed by atoms with Crippen molar-refractivity contribution in [1.29, 1.82) is 0 Å². The highest BCUT2D eigenvalue weighted by atomic mass is 19.4. The number of rotatable bonds is 10. The fourth-order valence-electron chi connectivity index (χ4n) is 2.71. The molecule has 1 amide bonds. The maximum absolute atomic E-state index is 12.4. The van der Waals surface area contributed by atoms with Gasteiger partial charge in [-0.3, -0.25) is 9.59 Å². The van der Waals surface area contributed by atoms with Crippen LogP contribution in [0.3, 0.4) is 0 Å². The van der Waals surface area contributed by atoms with Gasteiger partial charge in [-0.15, -0.1) is 0 Å². The first kappa shape index (κ1) is 24.9. The van der Waals surface area contributed by atoms with E-state index in [0.717, 1.165) is 5.56 Å². The monoisotopic (exact) mass is 452 g/mol. The Morgan fingerprint density at radius 2 is 1.47 bits per heavy atom. The molecule has 0 aliphatic heterocycles. The van der Waals surface area contributed by atoms with E-state index in [0.29, 0.717) is 5.56 Å². The first-order chi connectivity index (χ1) is 15.1. The van der Waals surface area contributed by atoms with Crippen molar-refractivity contribution >= 4 is 17.8 Å². The number of alkyl halides is 3. The van der Waals surface area contributed by atoms with Crippen LogP contribution in [-0.4, -0.2) is 42.7 Å². The summed E-state index contributed by atoms with van der Waals surface area (Å²) in [5, 5.41) is 2.46. The van der Waals surface area contributed by atoms with Crippen LogP contribution < -0.4 is 11.1 Å². The van der Waals surface area contributed by atoms with Crippen molar-refractivity contribution < 1.29 is 37.0 Å². The predicted molar refractivity (Wildman–Crippen MR) is 108 cm³/mol. The molecule has 172 valence electrons. The molecule has 0 fully saturated rings. The number of benzene rings is 2. The van der Waals surface area contributed by atoms with Crippen LogP contribution in [0, 0.1) is 0 Å². The molecule has 0 radical (unpaired) electrons. The van der Waals surface area contributed by atoms with Crippen LogP contribution in [0.4, 0.5) is 13.2 Å². The molecule has 0 heterocycles. The van der Waals surface area contributed by atoms with Crippen molar-refractivity contribution in [2.24, 2.45) is 5.73 Å². The molecular weight excluding hydrogens is 429 g/mol. The highest BCUT2D eigenvalue weighted by molar-refractivity contribution is 5.85. The highest BCUT2D eigenvalue weighted by Gasteiger charge is 2.41. The standard InChI is InChI=1S/C22H23F3N2O5/c23-22(24,25)21(30)32-14-17(11-15-7-3-1-4-8-15)27-19(28)12-18(26)20(29)31-13-16-9-5-2-6-10-16/h1-10,17-18H,11-14,26H2,(H,27,28)/t17-,18?/m0/s1. The molecule has 10 heteroatoms. The zero-order valence-corrected chi connectivity index (χ0v) is 17.0. The summed E-state index contributed by atoms with van der Waals surface area (Å²) in [7, 11) is 0. The van der Waals surface area contributed by atoms with Crippen LogP contribution in [0.1, 0.15) is 17.5 Å². The van der Waals surface area contributed by atoms with Gasteiger partial charge in [-0.2, -0.15) is 13.2 Å². The minimum absolute atomic E-state index is 0.0149. The SMILES string of the molecule is NC(CC(=O)N[C@H](COC(=O)C(F)(F)F)Cc1ccccc1)C(=O)OCc1ccccc1. The number of hydrogen-bond donors (Lipinski definition) is 2. The molecule has 2 atom stereocenters. The molecule has 1 unspecified atom stereocenters. The number of carbonyl (C=O) groups excluding carboxylic acids is 3. The number of carbonyl (C=O) groups is 3. The van der Waals surface area contributed by atoms with Gasteiger partial charge in [0, 0.05) is 0 Å². The second-order valence-corrected chi connectivity index (χ2v) is 6.95. The Hall–Kier alpha value is -3.40. The molecular formula is C22H23F3N2O5. The lowest BCUT2D eigenvalue weighted by Gasteiger charge is -2.20. The Morgan fingerprint density at radius 1 is 0.906 bits per heavy atom. The van der Waals surface area contributed by atoms with E-state index in [1.165, 1.54) is 0 Å². The number of esters is 2. The van der Waals surface area contributed by atoms with E-state index in [4.69, 9.17) is 10.5 Å². The molecule has 0 spiro atoms. The summed E-state index contributed by atoms with van der Waals surface area (Å²) in [4.78, 5) is 35.4. The lowest BCUT2D eigenvalue weighted by molar-refractivity contribution is -0.200. The summed E-state index contributed by atoms with van der Waals surface area (Å²) in [5.74, 6) is -3.85. The third kappa shape index (κ3) is 8.76. The van der Waals surface area contributed by atoms with E-state index in [1.54, 1.807) is 60.7 Å². The van der Waals surface area contributed by atoms with Crippen molar-refractivity contribution in [2.45, 2.75) is 37.7 Å². The fraction of sp³-hybridized carbons (Fsp3) is 0.318. The summed E-state index contributed by atoms with van der Waals surface area (Å²) in [6.07, 6.45) is -5.50. The Kier molecular flexibility index (Phi) is 9.21. The van der Waals surface area contributed by atoms with Gasteiger partial charge in [-0.05, 0) is 17.5 Å². The molecule has 0 saturated carbocycles. The van der Waals surface area contributed by atoms with Crippen LogP contribution in [-0.2, 0) is 36.9 Å². The van der Waals surface area contributed by atoms with Crippen molar-refractivity contribution in [3.8, 4) is 0 Å². The third-order valence-electron chi connectivity index (χ3n) is 4.27. The number of nitrogens with two attached hydrogens (primary N) is 1. The van der Waals surface area contributed by atoms with Gasteiger partial charge in [0.15, 0.2) is 0 Å². The van der Waals surface area contributed by atoms with Crippen LogP contribution in [0.15, 0.2) is 60.7 Å². The molecule has 0 aliphatic rings. The average Bonchev–Trinajstić information content (AvgIpc) is 2.76. The topological polar surface area (TPSA) is 108 Å². The van der Waals surface area contributed by atoms with E-state index >= 15 is 0 Å². The lowest BCUT2D eigenvalue weighted by atomic mass is 10.1. The molecule has 0 bridgehead atoms. The van der Waals surface area contributed by atoms with Crippen LogP contribution >= 0.6 is 0 Å². The van der Waals surface area contributed by atoms with Crippen molar-refractivity contribution in [3.63, 3.8) is 0 Å². The van der Waals surface area contributed by atoms with Gasteiger partial charge in [0.05, 0.1) is 12.5 Å². The minimum Gasteiger partial charge on any atom is -0.460 e. The van der Waals surface area contributed by atoms with Crippen molar-refractivity contribution in [1.82, 2.24) is 5.32 Å². The molecule has 0 aromatic heterocycles. The first-order valence-corrected chi connectivity index (χ1v) is 9.68. The number of halogens is 3. The van der Waals surface area contributed by atoms with E-state index in [-0.39, 0.29) is 13.0 Å². The third-order valence-corrected chi connectivity index (χ3v) is 4.27. The zero-order chi connectivity index (χ0) is 23.6. The van der Waals surface area contributed by atoms with E-state index < -0.39 is 49.1 Å². The van der Waals surface area contributed by atoms with Crippen LogP contribution in [0.5, 0.6) is 0 Å². The number of hydrogen-bond acceptors (Lipinski definition) is 6. The van der Waals surface area contributed by atoms with Crippen LogP contribution in [0.2, 0.25) is 0 Å². The maximum atomic E-state index is 12.4. The van der Waals surface area contributed by atoms with Gasteiger partial charge in [0.25, 0.3) is 0 Å². The molecule has 2 aromatic rings. The summed E-state index contributed by atoms with van der Waals surface area (Å²) < 4.78 is 46.6. The quantitative estimate of drug-likeness (QED) is 0.536. The molecule has 2 aromatic carbocycles. The van der Waals surface area contributed by atoms with Gasteiger partial charge < -0.3 is 20.5 Å². The molecule has 3 N–H and O–H groups in total. The average molecular weight is 452 g/mol. The van der Waals surface area contributed by atoms with Gasteiger partial charge in [-0.25, -0.2) is 4.79 Å². The Labute approximate surface area is 182 Å². The summed E-state index contributed by atoms with van der Waals surface area (Å²) in [6.45, 7) is -0.717. The number of ether oxygens (including phenoxy) is 2. The van der Waals surface area contributed by atoms with Gasteiger partial charge >= 0.3 is 18.1 Å². The van der Waals surface area contributed by atoms with Crippen LogP contribution in [0.25, 0.3) is 0 Å². The molecule has 0 aliphatic carbocycles. The highest BCUT2D eigenvalue weighted by Crippen LogP contribution is 2.17. The summed E-state index contributed by atoms with van der Waals surface area (Å²) in [6, 6.07) is 15.2.